The Hall–Kier alpha value is -1.58. The number of ether oxygens (including phenoxy) is 1. The van der Waals surface area contributed by atoms with Crippen molar-refractivity contribution in [3.63, 3.8) is 0 Å². The Bertz CT molecular complexity index is 458. The summed E-state index contributed by atoms with van der Waals surface area (Å²) in [4.78, 5) is 38.6. The van der Waals surface area contributed by atoms with Gasteiger partial charge in [0.2, 0.25) is 0 Å². The van der Waals surface area contributed by atoms with E-state index in [0.29, 0.717) is 0 Å². The van der Waals surface area contributed by atoms with Crippen molar-refractivity contribution in [2.24, 2.45) is 11.8 Å². The number of amides is 2. The van der Waals surface area contributed by atoms with Gasteiger partial charge in [0, 0.05) is 17.7 Å². The number of thiocarbonyl (C=S) groups is 1. The van der Waals surface area contributed by atoms with Crippen LogP contribution in [0.2, 0.25) is 0 Å². The first-order valence-corrected chi connectivity index (χ1v) is 6.69. The van der Waals surface area contributed by atoms with Crippen molar-refractivity contribution < 1.29 is 34.2 Å². The minimum atomic E-state index is -2.90. The molecule has 2 amide bonds. The van der Waals surface area contributed by atoms with E-state index in [1.165, 1.54) is 6.92 Å². The summed E-state index contributed by atoms with van der Waals surface area (Å²) in [5.41, 5.74) is 0. The number of aliphatic hydroxyl groups is 2. The molecule has 1 atom stereocenters. The largest absolute Gasteiger partial charge is 0.538 e. The van der Waals surface area contributed by atoms with E-state index >= 15 is 0 Å². The Kier molecular flexibility index (Phi) is 5.37. The van der Waals surface area contributed by atoms with Gasteiger partial charge >= 0.3 is 12.1 Å². The summed E-state index contributed by atoms with van der Waals surface area (Å²) in [5, 5.41) is 19.9. The normalized spacial score (nSPS) is 17.1. The number of hydrogen-bond acceptors (Lipinski definition) is 8. The summed E-state index contributed by atoms with van der Waals surface area (Å²) in [5.74, 6) is -5.68. The van der Waals surface area contributed by atoms with Gasteiger partial charge in [-0.3, -0.25) is 14.4 Å². The number of rotatable bonds is 5. The molecule has 1 fully saturated rings. The smallest absolute Gasteiger partial charge is 0.374 e. The molecule has 0 spiro atoms. The van der Waals surface area contributed by atoms with Crippen LogP contribution in [0.5, 0.6) is 0 Å². The molecule has 21 heavy (non-hydrogen) atoms. The fourth-order valence-corrected chi connectivity index (χ4v) is 2.53. The minimum absolute atomic E-state index is 0.0802. The van der Waals surface area contributed by atoms with Crippen LogP contribution in [0.4, 0.5) is 4.79 Å². The van der Waals surface area contributed by atoms with E-state index in [4.69, 9.17) is 12.2 Å². The zero-order valence-electron chi connectivity index (χ0n) is 11.9. The van der Waals surface area contributed by atoms with Gasteiger partial charge in [0.25, 0.3) is 11.8 Å². The third-order valence-corrected chi connectivity index (χ3v) is 3.17. The number of imide groups is 1. The number of nitrogens with zero attached hydrogens (tertiary/aromatic N) is 1. The Morgan fingerprint density at radius 1 is 1.29 bits per heavy atom. The molecule has 0 aromatic carbocycles. The van der Waals surface area contributed by atoms with Gasteiger partial charge in [0.1, 0.15) is 0 Å². The van der Waals surface area contributed by atoms with E-state index in [1.54, 1.807) is 13.8 Å². The van der Waals surface area contributed by atoms with Crippen LogP contribution >= 0.6 is 12.2 Å². The second-order valence-electron chi connectivity index (χ2n) is 5.02. The van der Waals surface area contributed by atoms with Crippen molar-refractivity contribution >= 4 is 35.1 Å². The van der Waals surface area contributed by atoms with E-state index in [9.17, 15) is 24.6 Å². The zero-order chi connectivity index (χ0) is 16.4. The first-order chi connectivity index (χ1) is 9.56. The molecule has 8 nitrogen and oxygen atoms in total. The molecule has 118 valence electrons. The van der Waals surface area contributed by atoms with Gasteiger partial charge in [0.05, 0.1) is 5.92 Å². The Morgan fingerprint density at radius 2 is 1.76 bits per heavy atom. The Labute approximate surface area is 126 Å². The number of hydroxylamine groups is 2. The fourth-order valence-electron chi connectivity index (χ4n) is 2.11. The second kappa shape index (κ2) is 6.46. The molecule has 0 radical (unpaired) electrons. The Morgan fingerprint density at radius 3 is 2.14 bits per heavy atom. The van der Waals surface area contributed by atoms with Gasteiger partial charge in [-0.1, -0.05) is 31.1 Å². The molecule has 0 saturated carbocycles. The lowest BCUT2D eigenvalue weighted by Crippen LogP contribution is -2.48. The van der Waals surface area contributed by atoms with Crippen LogP contribution in [0.1, 0.15) is 33.6 Å². The van der Waals surface area contributed by atoms with E-state index in [1.807, 2.05) is 0 Å². The maximum Gasteiger partial charge on any atom is 0.538 e. The van der Waals surface area contributed by atoms with Crippen molar-refractivity contribution in [1.82, 2.24) is 5.06 Å². The average Bonchev–Trinajstić information content (AvgIpc) is 2.57. The highest BCUT2D eigenvalue weighted by Crippen LogP contribution is 2.27. The minimum Gasteiger partial charge on any atom is -0.374 e. The molecule has 1 rings (SSSR count). The molecular weight excluding hydrogens is 302 g/mol. The van der Waals surface area contributed by atoms with E-state index in [-0.39, 0.29) is 28.7 Å². The van der Waals surface area contributed by atoms with Gasteiger partial charge in [0.15, 0.2) is 0 Å². The zero-order valence-corrected chi connectivity index (χ0v) is 12.7. The van der Waals surface area contributed by atoms with Gasteiger partial charge in [-0.25, -0.2) is 4.79 Å². The van der Waals surface area contributed by atoms with Crippen molar-refractivity contribution in [3.05, 3.63) is 0 Å². The lowest BCUT2D eigenvalue weighted by atomic mass is 9.90. The van der Waals surface area contributed by atoms with Crippen LogP contribution < -0.4 is 0 Å². The SMILES string of the molecule is CC(=S)C(C(C)C)C(O)(O)OC(=O)ON1C(=O)CCC1=O. The molecule has 1 saturated heterocycles. The third kappa shape index (κ3) is 4.19. The van der Waals surface area contributed by atoms with Crippen LogP contribution in [0.25, 0.3) is 0 Å². The van der Waals surface area contributed by atoms with Crippen LogP contribution in [0, 0.1) is 11.8 Å². The van der Waals surface area contributed by atoms with Crippen molar-refractivity contribution in [2.75, 3.05) is 0 Å². The van der Waals surface area contributed by atoms with Crippen LogP contribution in [0.3, 0.4) is 0 Å². The summed E-state index contributed by atoms with van der Waals surface area (Å²) in [7, 11) is 0. The van der Waals surface area contributed by atoms with Gasteiger partial charge in [-0.05, 0) is 12.8 Å². The molecule has 1 aliphatic heterocycles. The first kappa shape index (κ1) is 17.5. The summed E-state index contributed by atoms with van der Waals surface area (Å²) in [6, 6.07) is 0. The lowest BCUT2D eigenvalue weighted by molar-refractivity contribution is -0.340. The third-order valence-electron chi connectivity index (χ3n) is 2.91. The predicted octanol–water partition coefficient (Wildman–Crippen LogP) is 0.504. The maximum atomic E-state index is 11.5. The standard InChI is InChI=1S/C12H17NO7S/c1-6(2)10(7(3)21)12(17,18)19-11(16)20-13-8(14)4-5-9(13)15/h6,10,17-18H,4-5H2,1-3H3. The van der Waals surface area contributed by atoms with Crippen LogP contribution in [-0.4, -0.2) is 44.1 Å². The topological polar surface area (TPSA) is 113 Å². The maximum absolute atomic E-state index is 11.5. The van der Waals surface area contributed by atoms with Crippen molar-refractivity contribution in [3.8, 4) is 0 Å². The summed E-state index contributed by atoms with van der Waals surface area (Å²) < 4.78 is 4.40. The van der Waals surface area contributed by atoms with Gasteiger partial charge in [-0.2, -0.15) is 0 Å². The fraction of sp³-hybridized carbons (Fsp3) is 0.667. The molecule has 0 aromatic rings. The molecule has 0 bridgehead atoms. The summed E-state index contributed by atoms with van der Waals surface area (Å²) >= 11 is 4.90. The molecular formula is C12H17NO7S. The molecule has 1 aliphatic rings. The van der Waals surface area contributed by atoms with Crippen LogP contribution in [-0.2, 0) is 19.2 Å². The van der Waals surface area contributed by atoms with E-state index < -0.39 is 29.9 Å². The monoisotopic (exact) mass is 319 g/mol. The summed E-state index contributed by atoms with van der Waals surface area (Å²) in [6.45, 7) is 4.79. The van der Waals surface area contributed by atoms with Gasteiger partial charge < -0.3 is 14.9 Å². The highest BCUT2D eigenvalue weighted by atomic mass is 32.1. The lowest BCUT2D eigenvalue weighted by Gasteiger charge is -2.31. The van der Waals surface area contributed by atoms with Crippen LogP contribution in [0.15, 0.2) is 0 Å². The predicted molar refractivity (Wildman–Crippen MR) is 72.4 cm³/mol. The Balaban J connectivity index is 2.74. The van der Waals surface area contributed by atoms with Gasteiger partial charge in [-0.15, -0.1) is 0 Å². The van der Waals surface area contributed by atoms with Crippen molar-refractivity contribution in [2.45, 2.75) is 39.6 Å². The summed E-state index contributed by atoms with van der Waals surface area (Å²) in [6.07, 6.45) is -1.74. The molecule has 1 heterocycles. The molecule has 1 unspecified atom stereocenters. The van der Waals surface area contributed by atoms with E-state index in [2.05, 4.69) is 9.57 Å². The van der Waals surface area contributed by atoms with E-state index in [0.717, 1.165) is 0 Å². The number of carbonyl (C=O) groups excluding carboxylic acids is 3. The molecule has 0 aliphatic carbocycles. The quantitative estimate of drug-likeness (QED) is 0.326. The first-order valence-electron chi connectivity index (χ1n) is 6.28. The average molecular weight is 319 g/mol. The highest BCUT2D eigenvalue weighted by Gasteiger charge is 2.44. The van der Waals surface area contributed by atoms with Crippen molar-refractivity contribution in [1.29, 1.82) is 0 Å². The molecule has 0 aromatic heterocycles. The number of carbonyl (C=O) groups is 3. The molecule has 2 N–H and O–H groups in total. The molecule has 9 heteroatoms. The second-order valence-corrected chi connectivity index (χ2v) is 5.66. The number of hydrogen-bond donors (Lipinski definition) is 2. The highest BCUT2D eigenvalue weighted by molar-refractivity contribution is 7.80.